The van der Waals surface area contributed by atoms with Gasteiger partial charge in [-0.1, -0.05) is 24.3 Å². The summed E-state index contributed by atoms with van der Waals surface area (Å²) in [6.45, 7) is 0.395. The highest BCUT2D eigenvalue weighted by molar-refractivity contribution is 6.01. The number of likely N-dealkylation sites (tertiary alicyclic amines) is 1. The van der Waals surface area contributed by atoms with Crippen LogP contribution < -0.4 is 0 Å². The number of amides is 2. The van der Waals surface area contributed by atoms with Crippen LogP contribution in [0.4, 0.5) is 0 Å². The van der Waals surface area contributed by atoms with Crippen LogP contribution in [0.25, 0.3) is 5.69 Å². The molecule has 7 nitrogen and oxygen atoms in total. The lowest BCUT2D eigenvalue weighted by Gasteiger charge is -2.13. The number of ether oxygens (including phenoxy) is 1. The van der Waals surface area contributed by atoms with Gasteiger partial charge in [-0.15, -0.1) is 0 Å². The van der Waals surface area contributed by atoms with Crippen molar-refractivity contribution in [2.75, 3.05) is 0 Å². The Morgan fingerprint density at radius 2 is 1.59 bits per heavy atom. The number of hydrogen-bond donors (Lipinski definition) is 0. The van der Waals surface area contributed by atoms with E-state index in [2.05, 4.69) is 5.10 Å². The molecule has 0 saturated carbocycles. The molecule has 0 bridgehead atoms. The molecule has 0 N–H and O–H groups in total. The Hall–Kier alpha value is -3.74. The number of carbonyl (C=O) groups excluding carboxylic acids is 3. The van der Waals surface area contributed by atoms with Crippen molar-refractivity contribution in [2.45, 2.75) is 26.0 Å². The minimum absolute atomic E-state index is 0.155. The van der Waals surface area contributed by atoms with Gasteiger partial charge in [0.25, 0.3) is 0 Å². The van der Waals surface area contributed by atoms with E-state index in [1.165, 1.54) is 4.90 Å². The summed E-state index contributed by atoms with van der Waals surface area (Å²) in [4.78, 5) is 36.9. The number of aromatic nitrogens is 2. The zero-order valence-corrected chi connectivity index (χ0v) is 15.7. The van der Waals surface area contributed by atoms with Gasteiger partial charge in [-0.05, 0) is 41.5 Å². The van der Waals surface area contributed by atoms with Crippen LogP contribution in [0.1, 0.15) is 34.3 Å². The Morgan fingerprint density at radius 3 is 2.21 bits per heavy atom. The molecular weight excluding hydrogens is 370 g/mol. The van der Waals surface area contributed by atoms with Crippen molar-refractivity contribution in [3.8, 4) is 5.69 Å². The second-order valence-corrected chi connectivity index (χ2v) is 6.76. The first-order chi connectivity index (χ1) is 14.1. The van der Waals surface area contributed by atoms with Crippen molar-refractivity contribution in [2.24, 2.45) is 0 Å². The average Bonchev–Trinajstić information content (AvgIpc) is 3.39. The van der Waals surface area contributed by atoms with Crippen molar-refractivity contribution >= 4 is 17.8 Å². The molecule has 29 heavy (non-hydrogen) atoms. The highest BCUT2D eigenvalue weighted by atomic mass is 16.5. The summed E-state index contributed by atoms with van der Waals surface area (Å²) in [5.74, 6) is -0.741. The average molecular weight is 389 g/mol. The Labute approximate surface area is 167 Å². The van der Waals surface area contributed by atoms with E-state index < -0.39 is 5.97 Å². The lowest BCUT2D eigenvalue weighted by Crippen LogP contribution is -2.28. The predicted molar refractivity (Wildman–Crippen MR) is 104 cm³/mol. The zero-order chi connectivity index (χ0) is 20.2. The van der Waals surface area contributed by atoms with Crippen LogP contribution in [-0.2, 0) is 27.5 Å². The van der Waals surface area contributed by atoms with Gasteiger partial charge in [-0.25, -0.2) is 9.48 Å². The molecule has 0 unspecified atom stereocenters. The fraction of sp³-hybridized carbons (Fsp3) is 0.182. The first-order valence-electron chi connectivity index (χ1n) is 9.28. The van der Waals surface area contributed by atoms with Crippen molar-refractivity contribution < 1.29 is 19.1 Å². The minimum Gasteiger partial charge on any atom is -0.457 e. The van der Waals surface area contributed by atoms with Gasteiger partial charge in [-0.3, -0.25) is 14.5 Å². The zero-order valence-electron chi connectivity index (χ0n) is 15.7. The molecule has 1 aliphatic heterocycles. The minimum atomic E-state index is -0.430. The molecule has 0 aliphatic carbocycles. The molecule has 7 heteroatoms. The van der Waals surface area contributed by atoms with Gasteiger partial charge in [0.05, 0.1) is 17.8 Å². The predicted octanol–water partition coefficient (Wildman–Crippen LogP) is 2.88. The fourth-order valence-electron chi connectivity index (χ4n) is 3.13. The van der Waals surface area contributed by atoms with E-state index in [9.17, 15) is 14.4 Å². The van der Waals surface area contributed by atoms with Gasteiger partial charge >= 0.3 is 5.97 Å². The van der Waals surface area contributed by atoms with E-state index in [1.54, 1.807) is 35.1 Å². The summed E-state index contributed by atoms with van der Waals surface area (Å²) < 4.78 is 7.12. The molecule has 4 rings (SSSR count). The van der Waals surface area contributed by atoms with E-state index >= 15 is 0 Å². The molecule has 3 aromatic rings. The van der Waals surface area contributed by atoms with E-state index in [4.69, 9.17) is 4.74 Å². The van der Waals surface area contributed by atoms with Gasteiger partial charge in [0.1, 0.15) is 6.61 Å². The lowest BCUT2D eigenvalue weighted by molar-refractivity contribution is -0.139. The van der Waals surface area contributed by atoms with Crippen LogP contribution in [-0.4, -0.2) is 32.5 Å². The first kappa shape index (κ1) is 18.6. The Morgan fingerprint density at radius 1 is 0.931 bits per heavy atom. The van der Waals surface area contributed by atoms with Gasteiger partial charge in [0.15, 0.2) is 0 Å². The molecule has 0 atom stereocenters. The summed E-state index contributed by atoms with van der Waals surface area (Å²) in [7, 11) is 0. The summed E-state index contributed by atoms with van der Waals surface area (Å²) in [5.41, 5.74) is 3.01. The van der Waals surface area contributed by atoms with Crippen LogP contribution in [0.2, 0.25) is 0 Å². The van der Waals surface area contributed by atoms with Crippen molar-refractivity contribution in [1.82, 2.24) is 14.7 Å². The van der Waals surface area contributed by atoms with Crippen LogP contribution in [0, 0.1) is 0 Å². The van der Waals surface area contributed by atoms with Crippen LogP contribution in [0.5, 0.6) is 0 Å². The lowest BCUT2D eigenvalue weighted by atomic mass is 10.1. The molecular formula is C22H19N3O4. The number of nitrogens with zero attached hydrogens (tertiary/aromatic N) is 3. The molecule has 1 saturated heterocycles. The molecule has 0 radical (unpaired) electrons. The maximum absolute atomic E-state index is 12.3. The highest BCUT2D eigenvalue weighted by Crippen LogP contribution is 2.17. The Balaban J connectivity index is 1.32. The third-order valence-electron chi connectivity index (χ3n) is 4.76. The van der Waals surface area contributed by atoms with Crippen molar-refractivity contribution in [3.63, 3.8) is 0 Å². The fourth-order valence-corrected chi connectivity index (χ4v) is 3.13. The first-order valence-corrected chi connectivity index (χ1v) is 9.28. The van der Waals surface area contributed by atoms with Crippen LogP contribution >= 0.6 is 0 Å². The van der Waals surface area contributed by atoms with Gasteiger partial charge in [0, 0.05) is 25.2 Å². The number of esters is 1. The van der Waals surface area contributed by atoms with Gasteiger partial charge in [-0.2, -0.15) is 5.10 Å². The third kappa shape index (κ3) is 4.24. The summed E-state index contributed by atoms with van der Waals surface area (Å²) >= 11 is 0. The highest BCUT2D eigenvalue weighted by Gasteiger charge is 2.28. The molecule has 1 aromatic heterocycles. The van der Waals surface area contributed by atoms with Crippen molar-refractivity contribution in [1.29, 1.82) is 0 Å². The standard InChI is InChI=1S/C22H19N3O4/c26-20-10-11-21(27)24(20)14-16-2-6-18(7-3-16)22(28)29-15-17-4-8-19(9-5-17)25-13-1-12-23-25/h1-9,12-13H,10-11,14-15H2. The summed E-state index contributed by atoms with van der Waals surface area (Å²) in [6, 6.07) is 16.2. The van der Waals surface area contributed by atoms with E-state index in [0.717, 1.165) is 16.8 Å². The molecule has 2 amide bonds. The molecule has 2 heterocycles. The van der Waals surface area contributed by atoms with Crippen LogP contribution in [0.15, 0.2) is 67.0 Å². The SMILES string of the molecule is O=C(OCc1ccc(-n2cccn2)cc1)c1ccc(CN2C(=O)CCC2=O)cc1. The van der Waals surface area contributed by atoms with E-state index in [0.29, 0.717) is 5.56 Å². The van der Waals surface area contributed by atoms with E-state index in [1.807, 2.05) is 36.5 Å². The van der Waals surface area contributed by atoms with Gasteiger partial charge < -0.3 is 4.74 Å². The Kier molecular flexibility index (Phi) is 5.20. The molecule has 1 aliphatic rings. The largest absolute Gasteiger partial charge is 0.457 e. The summed E-state index contributed by atoms with van der Waals surface area (Å²) in [5, 5.41) is 4.17. The number of hydrogen-bond acceptors (Lipinski definition) is 5. The maximum atomic E-state index is 12.3. The third-order valence-corrected chi connectivity index (χ3v) is 4.76. The topological polar surface area (TPSA) is 81.5 Å². The van der Waals surface area contributed by atoms with Crippen LogP contribution in [0.3, 0.4) is 0 Å². The molecule has 2 aromatic carbocycles. The quantitative estimate of drug-likeness (QED) is 0.478. The number of carbonyl (C=O) groups is 3. The molecule has 1 fully saturated rings. The van der Waals surface area contributed by atoms with Gasteiger partial charge in [0.2, 0.25) is 11.8 Å². The van der Waals surface area contributed by atoms with E-state index in [-0.39, 0.29) is 37.8 Å². The van der Waals surface area contributed by atoms with Crippen molar-refractivity contribution in [3.05, 3.63) is 83.7 Å². The summed E-state index contributed by atoms with van der Waals surface area (Å²) in [6.07, 6.45) is 4.11. The monoisotopic (exact) mass is 389 g/mol. The normalized spacial score (nSPS) is 13.7. The number of imide groups is 1. The number of rotatable bonds is 6. The smallest absolute Gasteiger partial charge is 0.338 e. The second-order valence-electron chi connectivity index (χ2n) is 6.76. The molecule has 146 valence electrons. The number of benzene rings is 2. The molecule has 0 spiro atoms. The maximum Gasteiger partial charge on any atom is 0.338 e. The Bertz CT molecular complexity index is 1010. The second kappa shape index (κ2) is 8.10.